The molecule has 1 aromatic heterocycles. The number of benzene rings is 1. The first-order valence-corrected chi connectivity index (χ1v) is 8.05. The highest BCUT2D eigenvalue weighted by atomic mass is 32.2. The molecule has 0 unspecified atom stereocenters. The monoisotopic (exact) mass is 306 g/mol. The van der Waals surface area contributed by atoms with E-state index in [0.717, 1.165) is 29.7 Å². The number of ether oxygens (including phenoxy) is 1. The van der Waals surface area contributed by atoms with Gasteiger partial charge in [-0.3, -0.25) is 4.79 Å². The van der Waals surface area contributed by atoms with Crippen molar-refractivity contribution >= 4 is 34.5 Å². The topological polar surface area (TPSA) is 78.3 Å². The number of oxazole rings is 1. The summed E-state index contributed by atoms with van der Waals surface area (Å²) in [6, 6.07) is 5.47. The minimum Gasteiger partial charge on any atom is -0.469 e. The smallest absolute Gasteiger partial charge is 0.306 e. The van der Waals surface area contributed by atoms with Gasteiger partial charge in [0.1, 0.15) is 5.52 Å². The van der Waals surface area contributed by atoms with Crippen LogP contribution in [-0.2, 0) is 15.3 Å². The van der Waals surface area contributed by atoms with Gasteiger partial charge in [-0.2, -0.15) is 11.8 Å². The van der Waals surface area contributed by atoms with E-state index in [4.69, 9.17) is 14.9 Å². The average Bonchev–Trinajstić information content (AvgIpc) is 3.09. The number of fused-ring (bicyclic) bond motifs is 1. The summed E-state index contributed by atoms with van der Waals surface area (Å²) in [4.78, 5) is 15.8. The van der Waals surface area contributed by atoms with Crippen LogP contribution < -0.4 is 5.73 Å². The predicted octanol–water partition coefficient (Wildman–Crippen LogP) is 2.99. The first kappa shape index (κ1) is 14.3. The molecule has 0 atom stereocenters. The molecule has 1 fully saturated rings. The van der Waals surface area contributed by atoms with Gasteiger partial charge in [-0.25, -0.2) is 4.98 Å². The van der Waals surface area contributed by atoms with E-state index in [-0.39, 0.29) is 11.4 Å². The largest absolute Gasteiger partial charge is 0.469 e. The maximum Gasteiger partial charge on any atom is 0.306 e. The lowest BCUT2D eigenvalue weighted by molar-refractivity contribution is -0.141. The van der Waals surface area contributed by atoms with E-state index in [2.05, 4.69) is 4.98 Å². The molecule has 1 aliphatic rings. The Hall–Kier alpha value is -1.69. The SMILES string of the molecule is COC(=O)CC1(CSCc2nc3ccc(N)cc3o2)CC1. The van der Waals surface area contributed by atoms with Gasteiger partial charge >= 0.3 is 5.97 Å². The Labute approximate surface area is 127 Å². The molecule has 21 heavy (non-hydrogen) atoms. The highest BCUT2D eigenvalue weighted by molar-refractivity contribution is 7.98. The van der Waals surface area contributed by atoms with Crippen LogP contribution in [0.5, 0.6) is 0 Å². The van der Waals surface area contributed by atoms with E-state index < -0.39 is 0 Å². The molecule has 1 aliphatic carbocycles. The Kier molecular flexibility index (Phi) is 3.80. The lowest BCUT2D eigenvalue weighted by atomic mass is 10.1. The van der Waals surface area contributed by atoms with Crippen LogP contribution in [0.4, 0.5) is 5.69 Å². The number of esters is 1. The van der Waals surface area contributed by atoms with Gasteiger partial charge < -0.3 is 14.9 Å². The van der Waals surface area contributed by atoms with Gasteiger partial charge in [-0.15, -0.1) is 0 Å². The summed E-state index contributed by atoms with van der Waals surface area (Å²) in [6.45, 7) is 0. The number of aromatic nitrogens is 1. The van der Waals surface area contributed by atoms with Gasteiger partial charge in [0, 0.05) is 11.8 Å². The van der Waals surface area contributed by atoms with Crippen LogP contribution in [-0.4, -0.2) is 23.8 Å². The van der Waals surface area contributed by atoms with Gasteiger partial charge in [0.25, 0.3) is 0 Å². The van der Waals surface area contributed by atoms with Crippen molar-refractivity contribution in [3.05, 3.63) is 24.1 Å². The van der Waals surface area contributed by atoms with E-state index in [1.165, 1.54) is 7.11 Å². The zero-order valence-electron chi connectivity index (χ0n) is 11.9. The van der Waals surface area contributed by atoms with Crippen molar-refractivity contribution in [3.63, 3.8) is 0 Å². The molecule has 0 saturated heterocycles. The Bertz CT molecular complexity index is 664. The normalized spacial score (nSPS) is 16.0. The van der Waals surface area contributed by atoms with Crippen molar-refractivity contribution in [2.75, 3.05) is 18.6 Å². The van der Waals surface area contributed by atoms with Crippen LogP contribution in [0.15, 0.2) is 22.6 Å². The van der Waals surface area contributed by atoms with Gasteiger partial charge in [-0.1, -0.05) is 0 Å². The molecule has 112 valence electrons. The molecule has 5 nitrogen and oxygen atoms in total. The molecular weight excluding hydrogens is 288 g/mol. The maximum atomic E-state index is 11.4. The summed E-state index contributed by atoms with van der Waals surface area (Å²) < 4.78 is 10.4. The number of nitrogens with zero attached hydrogens (tertiary/aromatic N) is 1. The maximum absolute atomic E-state index is 11.4. The van der Waals surface area contributed by atoms with Crippen molar-refractivity contribution in [2.24, 2.45) is 5.41 Å². The van der Waals surface area contributed by atoms with Crippen molar-refractivity contribution in [1.82, 2.24) is 4.98 Å². The third-order valence-corrected chi connectivity index (χ3v) is 5.06. The fourth-order valence-corrected chi connectivity index (χ4v) is 3.56. The van der Waals surface area contributed by atoms with Crippen molar-refractivity contribution < 1.29 is 13.9 Å². The summed E-state index contributed by atoms with van der Waals surface area (Å²) in [5.41, 5.74) is 8.08. The van der Waals surface area contributed by atoms with Crippen LogP contribution in [0.25, 0.3) is 11.1 Å². The third-order valence-electron chi connectivity index (χ3n) is 3.79. The second-order valence-corrected chi connectivity index (χ2v) is 6.57. The van der Waals surface area contributed by atoms with Crippen LogP contribution in [0.2, 0.25) is 0 Å². The number of carbonyl (C=O) groups excluding carboxylic acids is 1. The first-order valence-electron chi connectivity index (χ1n) is 6.90. The van der Waals surface area contributed by atoms with E-state index in [1.54, 1.807) is 17.8 Å². The number of anilines is 1. The number of hydrogen-bond donors (Lipinski definition) is 1. The Morgan fingerprint density at radius 3 is 3.05 bits per heavy atom. The Morgan fingerprint density at radius 2 is 2.33 bits per heavy atom. The van der Waals surface area contributed by atoms with E-state index in [0.29, 0.717) is 23.8 Å². The highest BCUT2D eigenvalue weighted by Gasteiger charge is 2.44. The van der Waals surface area contributed by atoms with E-state index >= 15 is 0 Å². The van der Waals surface area contributed by atoms with Crippen molar-refractivity contribution in [3.8, 4) is 0 Å². The van der Waals surface area contributed by atoms with Crippen LogP contribution in [0.1, 0.15) is 25.2 Å². The number of methoxy groups -OCH3 is 1. The second kappa shape index (κ2) is 5.60. The van der Waals surface area contributed by atoms with Crippen LogP contribution >= 0.6 is 11.8 Å². The molecule has 2 N–H and O–H groups in total. The average molecular weight is 306 g/mol. The quantitative estimate of drug-likeness (QED) is 0.653. The molecule has 3 rings (SSSR count). The van der Waals surface area contributed by atoms with E-state index in [9.17, 15) is 4.79 Å². The number of rotatable bonds is 6. The molecular formula is C15H18N2O3S. The zero-order valence-corrected chi connectivity index (χ0v) is 12.7. The number of nitrogens with two attached hydrogens (primary N) is 1. The lowest BCUT2D eigenvalue weighted by Crippen LogP contribution is -2.13. The number of nitrogen functional groups attached to an aromatic ring is 1. The Balaban J connectivity index is 1.56. The summed E-state index contributed by atoms with van der Waals surface area (Å²) in [7, 11) is 1.44. The Morgan fingerprint density at radius 1 is 1.52 bits per heavy atom. The fourth-order valence-electron chi connectivity index (χ4n) is 2.33. The molecule has 0 spiro atoms. The van der Waals surface area contributed by atoms with E-state index in [1.807, 2.05) is 12.1 Å². The minimum atomic E-state index is -0.120. The summed E-state index contributed by atoms with van der Waals surface area (Å²) >= 11 is 1.75. The molecule has 1 heterocycles. The number of thioether (sulfide) groups is 1. The molecule has 0 aliphatic heterocycles. The molecule has 0 radical (unpaired) electrons. The summed E-state index contributed by atoms with van der Waals surface area (Å²) in [5.74, 6) is 2.22. The molecule has 2 aromatic rings. The molecule has 1 aromatic carbocycles. The number of carbonyl (C=O) groups is 1. The highest BCUT2D eigenvalue weighted by Crippen LogP contribution is 2.51. The third kappa shape index (κ3) is 3.32. The van der Waals surface area contributed by atoms with Gasteiger partial charge in [0.05, 0.1) is 19.3 Å². The molecule has 0 amide bonds. The minimum absolute atomic E-state index is 0.120. The van der Waals surface area contributed by atoms with Gasteiger partial charge in [0.15, 0.2) is 5.58 Å². The van der Waals surface area contributed by atoms with Crippen LogP contribution in [0.3, 0.4) is 0 Å². The van der Waals surface area contributed by atoms with Crippen LogP contribution in [0, 0.1) is 5.41 Å². The zero-order chi connectivity index (χ0) is 14.9. The van der Waals surface area contributed by atoms with Crippen molar-refractivity contribution in [2.45, 2.75) is 25.0 Å². The summed E-state index contributed by atoms with van der Waals surface area (Å²) in [5, 5.41) is 0. The molecule has 0 bridgehead atoms. The fraction of sp³-hybridized carbons (Fsp3) is 0.467. The lowest BCUT2D eigenvalue weighted by Gasteiger charge is -2.11. The second-order valence-electron chi connectivity index (χ2n) is 5.58. The predicted molar refractivity (Wildman–Crippen MR) is 82.9 cm³/mol. The van der Waals surface area contributed by atoms with Gasteiger partial charge in [-0.05, 0) is 36.1 Å². The first-order chi connectivity index (χ1) is 10.1. The number of hydrogen-bond acceptors (Lipinski definition) is 6. The van der Waals surface area contributed by atoms with Gasteiger partial charge in [0.2, 0.25) is 5.89 Å². The molecule has 6 heteroatoms. The molecule has 1 saturated carbocycles. The summed E-state index contributed by atoms with van der Waals surface area (Å²) in [6.07, 6.45) is 2.71. The van der Waals surface area contributed by atoms with Crippen molar-refractivity contribution in [1.29, 1.82) is 0 Å². The standard InChI is InChI=1S/C15H18N2O3S/c1-19-14(18)7-15(4-5-15)9-21-8-13-17-11-3-2-10(16)6-12(11)20-13/h2-3,6H,4-5,7-9,16H2,1H3.